The van der Waals surface area contributed by atoms with Gasteiger partial charge in [-0.2, -0.15) is 0 Å². The van der Waals surface area contributed by atoms with Crippen molar-refractivity contribution in [1.29, 1.82) is 0 Å². The van der Waals surface area contributed by atoms with E-state index >= 15 is 0 Å². The number of methoxy groups -OCH3 is 1. The van der Waals surface area contributed by atoms with Crippen LogP contribution in [0.1, 0.15) is 33.8 Å². The fourth-order valence-corrected chi connectivity index (χ4v) is 1.78. The number of aryl methyl sites for hydroxylation is 1. The van der Waals surface area contributed by atoms with Gasteiger partial charge < -0.3 is 9.84 Å². The molecule has 0 spiro atoms. The summed E-state index contributed by atoms with van der Waals surface area (Å²) in [6, 6.07) is 4.58. The van der Waals surface area contributed by atoms with Crippen molar-refractivity contribution < 1.29 is 19.4 Å². The maximum absolute atomic E-state index is 11.6. The van der Waals surface area contributed by atoms with Crippen LogP contribution < -0.4 is 0 Å². The summed E-state index contributed by atoms with van der Waals surface area (Å²) in [7, 11) is 1.30. The molecule has 1 atom stereocenters. The molecule has 0 aromatic heterocycles. The number of carbonyl (C=O) groups is 2. The first-order valence-electron chi connectivity index (χ1n) is 5.36. The minimum atomic E-state index is -1.00. The Balaban J connectivity index is 3.18. The summed E-state index contributed by atoms with van der Waals surface area (Å²) in [4.78, 5) is 22.5. The molecule has 1 N–H and O–H groups in total. The second kappa shape index (κ2) is 5.87. The highest BCUT2D eigenvalue weighted by Crippen LogP contribution is 2.25. The molecule has 1 unspecified atom stereocenters. The van der Waals surface area contributed by atoms with Crippen molar-refractivity contribution in [3.63, 3.8) is 0 Å². The topological polar surface area (TPSA) is 63.6 Å². The van der Waals surface area contributed by atoms with Crippen LogP contribution in [-0.2, 0) is 9.53 Å². The van der Waals surface area contributed by atoms with E-state index in [1.165, 1.54) is 19.2 Å². The summed E-state index contributed by atoms with van der Waals surface area (Å²) < 4.78 is 4.70. The first-order chi connectivity index (χ1) is 8.51. The average Bonchev–Trinajstić information content (AvgIpc) is 2.35. The molecular formula is C14H14O4. The van der Waals surface area contributed by atoms with Crippen LogP contribution >= 0.6 is 0 Å². The van der Waals surface area contributed by atoms with Crippen molar-refractivity contribution in [2.24, 2.45) is 0 Å². The Hall–Kier alpha value is -2.28. The summed E-state index contributed by atoms with van der Waals surface area (Å²) >= 11 is 0. The van der Waals surface area contributed by atoms with Crippen LogP contribution in [0.4, 0.5) is 0 Å². The second-order valence-electron chi connectivity index (χ2n) is 3.86. The fourth-order valence-electron chi connectivity index (χ4n) is 1.78. The van der Waals surface area contributed by atoms with Crippen molar-refractivity contribution in [1.82, 2.24) is 0 Å². The van der Waals surface area contributed by atoms with E-state index in [4.69, 9.17) is 16.3 Å². The molecule has 4 nitrogen and oxygen atoms in total. The largest absolute Gasteiger partial charge is 0.478 e. The van der Waals surface area contributed by atoms with Crippen molar-refractivity contribution in [3.05, 3.63) is 34.9 Å². The van der Waals surface area contributed by atoms with E-state index in [2.05, 4.69) is 5.92 Å². The lowest BCUT2D eigenvalue weighted by atomic mass is 9.91. The van der Waals surface area contributed by atoms with Gasteiger partial charge in [0.2, 0.25) is 0 Å². The lowest BCUT2D eigenvalue weighted by Gasteiger charge is -2.15. The van der Waals surface area contributed by atoms with Crippen molar-refractivity contribution in [2.75, 3.05) is 7.11 Å². The quantitative estimate of drug-likeness (QED) is 0.651. The number of aromatic carboxylic acids is 1. The van der Waals surface area contributed by atoms with Gasteiger partial charge in [-0.1, -0.05) is 6.07 Å². The van der Waals surface area contributed by atoms with Crippen molar-refractivity contribution in [3.8, 4) is 12.3 Å². The summed E-state index contributed by atoms with van der Waals surface area (Å²) in [5.74, 6) is 0.455. The lowest BCUT2D eigenvalue weighted by molar-refractivity contribution is -0.142. The zero-order chi connectivity index (χ0) is 13.7. The van der Waals surface area contributed by atoms with Crippen molar-refractivity contribution >= 4 is 11.9 Å². The van der Waals surface area contributed by atoms with Crippen LogP contribution in [0, 0.1) is 19.3 Å². The number of terminal acetylenes is 1. The molecule has 1 aromatic carbocycles. The highest BCUT2D eigenvalue weighted by atomic mass is 16.5. The first-order valence-corrected chi connectivity index (χ1v) is 5.36. The molecule has 4 heteroatoms. The van der Waals surface area contributed by atoms with E-state index in [0.717, 1.165) is 0 Å². The standard InChI is InChI=1S/C14H14O4/c1-4-5-12(14(17)18-3)11-7-6-10(13(15)16)8-9(11)2/h1,6-8,12H,5H2,2-3H3,(H,15,16). The summed E-state index contributed by atoms with van der Waals surface area (Å²) in [5.41, 5.74) is 1.59. The first kappa shape index (κ1) is 13.8. The molecule has 0 saturated carbocycles. The van der Waals surface area contributed by atoms with E-state index in [-0.39, 0.29) is 12.0 Å². The zero-order valence-corrected chi connectivity index (χ0v) is 10.3. The molecule has 0 aliphatic heterocycles. The van der Waals surface area contributed by atoms with Crippen LogP contribution in [0.3, 0.4) is 0 Å². The Morgan fingerprint density at radius 1 is 1.50 bits per heavy atom. The second-order valence-corrected chi connectivity index (χ2v) is 3.86. The monoisotopic (exact) mass is 246 g/mol. The number of rotatable bonds is 4. The third-order valence-corrected chi connectivity index (χ3v) is 2.70. The maximum Gasteiger partial charge on any atom is 0.335 e. The van der Waals surface area contributed by atoms with Crippen LogP contribution in [-0.4, -0.2) is 24.2 Å². The summed E-state index contributed by atoms with van der Waals surface area (Å²) in [5, 5.41) is 8.87. The SMILES string of the molecule is C#CCC(C(=O)OC)c1ccc(C(=O)O)cc1C. The van der Waals surface area contributed by atoms with Crippen LogP contribution in [0.5, 0.6) is 0 Å². The molecule has 0 bridgehead atoms. The molecule has 0 heterocycles. The molecule has 0 amide bonds. The van der Waals surface area contributed by atoms with Gasteiger partial charge in [0.25, 0.3) is 0 Å². The number of esters is 1. The van der Waals surface area contributed by atoms with Gasteiger partial charge in [-0.25, -0.2) is 4.79 Å². The van der Waals surface area contributed by atoms with Gasteiger partial charge >= 0.3 is 11.9 Å². The van der Waals surface area contributed by atoms with E-state index in [9.17, 15) is 9.59 Å². The third kappa shape index (κ3) is 2.89. The Morgan fingerprint density at radius 3 is 2.61 bits per heavy atom. The van der Waals surface area contributed by atoms with E-state index in [1.54, 1.807) is 13.0 Å². The number of carbonyl (C=O) groups excluding carboxylic acids is 1. The number of benzene rings is 1. The Morgan fingerprint density at radius 2 is 2.17 bits per heavy atom. The molecular weight excluding hydrogens is 232 g/mol. The predicted molar refractivity (Wildman–Crippen MR) is 66.3 cm³/mol. The minimum Gasteiger partial charge on any atom is -0.478 e. The minimum absolute atomic E-state index is 0.181. The highest BCUT2D eigenvalue weighted by Gasteiger charge is 2.22. The number of hydrogen-bond acceptors (Lipinski definition) is 3. The van der Waals surface area contributed by atoms with Crippen molar-refractivity contribution in [2.45, 2.75) is 19.3 Å². The average molecular weight is 246 g/mol. The summed E-state index contributed by atoms with van der Waals surface area (Å²) in [6.45, 7) is 1.74. The lowest BCUT2D eigenvalue weighted by Crippen LogP contribution is -2.15. The molecule has 0 aliphatic carbocycles. The number of ether oxygens (including phenoxy) is 1. The molecule has 94 valence electrons. The predicted octanol–water partition coefficient (Wildman–Crippen LogP) is 1.97. The van der Waals surface area contributed by atoms with Gasteiger partial charge in [0.1, 0.15) is 0 Å². The van der Waals surface area contributed by atoms with Gasteiger partial charge in [-0.3, -0.25) is 4.79 Å². The summed E-state index contributed by atoms with van der Waals surface area (Å²) in [6.07, 6.45) is 5.46. The van der Waals surface area contributed by atoms with E-state index < -0.39 is 17.9 Å². The van der Waals surface area contributed by atoms with E-state index in [1.807, 2.05) is 0 Å². The number of carboxylic acids is 1. The van der Waals surface area contributed by atoms with Gasteiger partial charge in [0.05, 0.1) is 18.6 Å². The fraction of sp³-hybridized carbons (Fsp3) is 0.286. The van der Waals surface area contributed by atoms with Gasteiger partial charge in [-0.15, -0.1) is 12.3 Å². The molecule has 0 aliphatic rings. The Bertz CT molecular complexity index is 511. The zero-order valence-electron chi connectivity index (χ0n) is 10.3. The van der Waals surface area contributed by atoms with E-state index in [0.29, 0.717) is 11.1 Å². The van der Waals surface area contributed by atoms with Gasteiger partial charge in [0, 0.05) is 6.42 Å². The Kier molecular flexibility index (Phi) is 4.50. The third-order valence-electron chi connectivity index (χ3n) is 2.70. The number of carboxylic acid groups (broad SMARTS) is 1. The molecule has 0 radical (unpaired) electrons. The van der Waals surface area contributed by atoms with Crippen LogP contribution in [0.2, 0.25) is 0 Å². The highest BCUT2D eigenvalue weighted by molar-refractivity contribution is 5.88. The molecule has 18 heavy (non-hydrogen) atoms. The van der Waals surface area contributed by atoms with Gasteiger partial charge in [-0.05, 0) is 30.2 Å². The molecule has 1 rings (SSSR count). The number of hydrogen-bond donors (Lipinski definition) is 1. The Labute approximate surface area is 106 Å². The van der Waals surface area contributed by atoms with Crippen LogP contribution in [0.25, 0.3) is 0 Å². The molecule has 0 fully saturated rings. The van der Waals surface area contributed by atoms with Crippen LogP contribution in [0.15, 0.2) is 18.2 Å². The molecule has 0 saturated heterocycles. The van der Waals surface area contributed by atoms with Gasteiger partial charge in [0.15, 0.2) is 0 Å². The smallest absolute Gasteiger partial charge is 0.335 e. The normalized spacial score (nSPS) is 11.4. The maximum atomic E-state index is 11.6. The molecule has 1 aromatic rings.